The number of nitrogens with one attached hydrogen (secondary N) is 1. The lowest BCUT2D eigenvalue weighted by atomic mass is 10.1. The Bertz CT molecular complexity index is 839. The van der Waals surface area contributed by atoms with Gasteiger partial charge in [-0.3, -0.25) is 14.5 Å². The average Bonchev–Trinajstić information content (AvgIpc) is 3.56. The Morgan fingerprint density at radius 1 is 0.926 bits per heavy atom. The Morgan fingerprint density at radius 3 is 2.26 bits per heavy atom. The van der Waals surface area contributed by atoms with Crippen molar-refractivity contribution in [1.29, 1.82) is 0 Å². The summed E-state index contributed by atoms with van der Waals surface area (Å²) in [6.07, 6.45) is 4.60. The zero-order chi connectivity index (χ0) is 18.8. The third-order valence-corrected chi connectivity index (χ3v) is 5.17. The van der Waals surface area contributed by atoms with Crippen LogP contribution in [0.4, 0.5) is 0 Å². The van der Waals surface area contributed by atoms with Crippen LogP contribution in [0.25, 0.3) is 0 Å². The number of rotatable bonds is 8. The van der Waals surface area contributed by atoms with Crippen molar-refractivity contribution in [2.45, 2.75) is 50.9 Å². The summed E-state index contributed by atoms with van der Waals surface area (Å²) in [4.78, 5) is 26.0. The minimum Gasteiger partial charge on any atom is -0.366 e. The van der Waals surface area contributed by atoms with Crippen LogP contribution in [-0.2, 0) is 13.1 Å². The van der Waals surface area contributed by atoms with E-state index in [9.17, 15) is 9.59 Å². The maximum atomic E-state index is 12.1. The van der Waals surface area contributed by atoms with E-state index < -0.39 is 5.91 Å². The van der Waals surface area contributed by atoms with E-state index in [0.29, 0.717) is 17.6 Å². The number of hydrogen-bond donors (Lipinski definition) is 2. The van der Waals surface area contributed by atoms with Crippen molar-refractivity contribution in [1.82, 2.24) is 10.2 Å². The quantitative estimate of drug-likeness (QED) is 0.757. The highest BCUT2D eigenvalue weighted by Gasteiger charge is 2.29. The molecule has 2 aromatic rings. The Kier molecular flexibility index (Phi) is 4.94. The Labute approximate surface area is 159 Å². The summed E-state index contributed by atoms with van der Waals surface area (Å²) >= 11 is 0. The highest BCUT2D eigenvalue weighted by molar-refractivity contribution is 5.94. The first-order valence-electron chi connectivity index (χ1n) is 9.61. The van der Waals surface area contributed by atoms with Gasteiger partial charge in [0, 0.05) is 36.3 Å². The summed E-state index contributed by atoms with van der Waals surface area (Å²) in [6.45, 7) is 1.62. The predicted molar refractivity (Wildman–Crippen MR) is 104 cm³/mol. The van der Waals surface area contributed by atoms with Gasteiger partial charge in [0.2, 0.25) is 5.91 Å². The van der Waals surface area contributed by atoms with Gasteiger partial charge in [0.25, 0.3) is 5.91 Å². The topological polar surface area (TPSA) is 75.4 Å². The first kappa shape index (κ1) is 17.7. The number of primary amides is 1. The molecule has 2 amide bonds. The molecule has 0 unspecified atom stereocenters. The number of carbonyl (C=O) groups excluding carboxylic acids is 2. The maximum absolute atomic E-state index is 12.1. The van der Waals surface area contributed by atoms with Gasteiger partial charge in [0.1, 0.15) is 0 Å². The van der Waals surface area contributed by atoms with Crippen LogP contribution in [0.5, 0.6) is 0 Å². The number of nitrogens with zero attached hydrogens (tertiary/aromatic N) is 1. The molecular formula is C22H25N3O2. The fourth-order valence-electron chi connectivity index (χ4n) is 3.30. The van der Waals surface area contributed by atoms with Crippen molar-refractivity contribution >= 4 is 11.8 Å². The van der Waals surface area contributed by atoms with Gasteiger partial charge in [0.15, 0.2) is 0 Å². The summed E-state index contributed by atoms with van der Waals surface area (Å²) in [6, 6.07) is 16.4. The SMILES string of the molecule is NC(=O)c1cccc(CN(Cc2ccc(C(=O)NC3CC3)cc2)C2CC2)c1. The Morgan fingerprint density at radius 2 is 1.63 bits per heavy atom. The lowest BCUT2D eigenvalue weighted by molar-refractivity contribution is 0.0949. The van der Waals surface area contributed by atoms with Crippen LogP contribution >= 0.6 is 0 Å². The molecule has 2 saturated carbocycles. The average molecular weight is 363 g/mol. The number of benzene rings is 2. The molecule has 0 spiro atoms. The van der Waals surface area contributed by atoms with Gasteiger partial charge in [-0.25, -0.2) is 0 Å². The highest BCUT2D eigenvalue weighted by Crippen LogP contribution is 2.30. The normalized spacial score (nSPS) is 16.3. The second kappa shape index (κ2) is 7.53. The number of carbonyl (C=O) groups is 2. The van der Waals surface area contributed by atoms with Crippen LogP contribution in [0.3, 0.4) is 0 Å². The van der Waals surface area contributed by atoms with Crippen molar-refractivity contribution in [3.63, 3.8) is 0 Å². The maximum Gasteiger partial charge on any atom is 0.251 e. The van der Waals surface area contributed by atoms with Gasteiger partial charge in [-0.15, -0.1) is 0 Å². The fourth-order valence-corrected chi connectivity index (χ4v) is 3.30. The predicted octanol–water partition coefficient (Wildman–Crippen LogP) is 2.84. The van der Waals surface area contributed by atoms with Crippen molar-refractivity contribution in [3.8, 4) is 0 Å². The van der Waals surface area contributed by atoms with Crippen LogP contribution in [0.2, 0.25) is 0 Å². The van der Waals surface area contributed by atoms with Crippen molar-refractivity contribution in [3.05, 3.63) is 70.8 Å². The third kappa shape index (κ3) is 4.74. The lowest BCUT2D eigenvalue weighted by Gasteiger charge is -2.22. The summed E-state index contributed by atoms with van der Waals surface area (Å²) in [7, 11) is 0. The number of nitrogens with two attached hydrogens (primary N) is 1. The van der Waals surface area contributed by atoms with Gasteiger partial charge >= 0.3 is 0 Å². The molecular weight excluding hydrogens is 338 g/mol. The van der Waals surface area contributed by atoms with Gasteiger partial charge < -0.3 is 11.1 Å². The third-order valence-electron chi connectivity index (χ3n) is 5.17. The van der Waals surface area contributed by atoms with E-state index in [0.717, 1.165) is 37.1 Å². The largest absolute Gasteiger partial charge is 0.366 e. The van der Waals surface area contributed by atoms with Crippen molar-refractivity contribution in [2.24, 2.45) is 5.73 Å². The molecule has 2 aliphatic carbocycles. The zero-order valence-corrected chi connectivity index (χ0v) is 15.4. The molecule has 0 heterocycles. The second-order valence-corrected chi connectivity index (χ2v) is 7.65. The smallest absolute Gasteiger partial charge is 0.251 e. The summed E-state index contributed by atoms with van der Waals surface area (Å²) in [5.41, 5.74) is 8.95. The summed E-state index contributed by atoms with van der Waals surface area (Å²) in [5, 5.41) is 3.02. The first-order valence-corrected chi connectivity index (χ1v) is 9.61. The second-order valence-electron chi connectivity index (χ2n) is 7.65. The monoisotopic (exact) mass is 363 g/mol. The highest BCUT2D eigenvalue weighted by atomic mass is 16.2. The van der Waals surface area contributed by atoms with Crippen LogP contribution < -0.4 is 11.1 Å². The molecule has 2 fully saturated rings. The summed E-state index contributed by atoms with van der Waals surface area (Å²) in [5.74, 6) is -0.374. The first-order chi connectivity index (χ1) is 13.1. The molecule has 2 aliphatic rings. The number of hydrogen-bond acceptors (Lipinski definition) is 3. The molecule has 27 heavy (non-hydrogen) atoms. The van der Waals surface area contributed by atoms with Crippen molar-refractivity contribution < 1.29 is 9.59 Å². The van der Waals surface area contributed by atoms with Crippen molar-refractivity contribution in [2.75, 3.05) is 0 Å². The van der Waals surface area contributed by atoms with E-state index in [1.54, 1.807) is 6.07 Å². The van der Waals surface area contributed by atoms with E-state index >= 15 is 0 Å². The van der Waals surface area contributed by atoms with Crippen LogP contribution in [-0.4, -0.2) is 28.8 Å². The molecule has 0 atom stereocenters. The van der Waals surface area contributed by atoms with E-state index in [1.807, 2.05) is 42.5 Å². The lowest BCUT2D eigenvalue weighted by Crippen LogP contribution is -2.26. The van der Waals surface area contributed by atoms with Gasteiger partial charge in [-0.05, 0) is 61.1 Å². The molecule has 0 aromatic heterocycles. The molecule has 0 radical (unpaired) electrons. The van der Waals surface area contributed by atoms with Crippen LogP contribution in [0, 0.1) is 0 Å². The Hall–Kier alpha value is -2.66. The molecule has 0 bridgehead atoms. The van der Waals surface area contributed by atoms with E-state index in [2.05, 4.69) is 10.2 Å². The number of amides is 2. The van der Waals surface area contributed by atoms with Gasteiger partial charge in [-0.1, -0.05) is 24.3 Å². The molecule has 4 rings (SSSR count). The van der Waals surface area contributed by atoms with E-state index in [-0.39, 0.29) is 5.91 Å². The molecule has 3 N–H and O–H groups in total. The molecule has 2 aromatic carbocycles. The summed E-state index contributed by atoms with van der Waals surface area (Å²) < 4.78 is 0. The molecule has 140 valence electrons. The molecule has 5 nitrogen and oxygen atoms in total. The molecule has 5 heteroatoms. The fraction of sp³-hybridized carbons (Fsp3) is 0.364. The molecule has 0 saturated heterocycles. The van der Waals surface area contributed by atoms with Gasteiger partial charge in [-0.2, -0.15) is 0 Å². The van der Waals surface area contributed by atoms with E-state index in [4.69, 9.17) is 5.73 Å². The minimum absolute atomic E-state index is 0.0198. The standard InChI is InChI=1S/C22H25N3O2/c23-21(26)18-3-1-2-16(12-18)14-25(20-10-11-20)13-15-4-6-17(7-5-15)22(27)24-19-8-9-19/h1-7,12,19-20H,8-11,13-14H2,(H2,23,26)(H,24,27). The van der Waals surface area contributed by atoms with E-state index in [1.165, 1.54) is 18.4 Å². The molecule has 0 aliphatic heterocycles. The van der Waals surface area contributed by atoms with Gasteiger partial charge in [0.05, 0.1) is 0 Å². The van der Waals surface area contributed by atoms with Crippen LogP contribution in [0.15, 0.2) is 48.5 Å². The Balaban J connectivity index is 1.41. The van der Waals surface area contributed by atoms with Crippen LogP contribution in [0.1, 0.15) is 57.5 Å². The zero-order valence-electron chi connectivity index (χ0n) is 15.4. The minimum atomic E-state index is -0.394.